The zero-order valence-corrected chi connectivity index (χ0v) is 17.7. The molecule has 5 nitrogen and oxygen atoms in total. The second kappa shape index (κ2) is 10.0. The van der Waals surface area contributed by atoms with Crippen LogP contribution in [0.1, 0.15) is 34.0 Å². The Morgan fingerprint density at radius 3 is 2.30 bits per heavy atom. The van der Waals surface area contributed by atoms with E-state index in [4.69, 9.17) is 26.2 Å². The zero-order valence-electron chi connectivity index (χ0n) is 16.9. The van der Waals surface area contributed by atoms with Gasteiger partial charge in [-0.1, -0.05) is 41.4 Å². The van der Waals surface area contributed by atoms with E-state index in [-0.39, 0.29) is 5.56 Å². The molecule has 0 atom stereocenters. The van der Waals surface area contributed by atoms with E-state index in [1.807, 2.05) is 44.2 Å². The van der Waals surface area contributed by atoms with E-state index >= 15 is 0 Å². The molecule has 0 saturated heterocycles. The zero-order chi connectivity index (χ0) is 21.5. The summed E-state index contributed by atoms with van der Waals surface area (Å²) in [6, 6.07) is 18.4. The second-order valence-corrected chi connectivity index (χ2v) is 7.24. The lowest BCUT2D eigenvalue weighted by Crippen LogP contribution is -2.04. The molecular formula is C24H24ClNO4. The fourth-order valence-corrected chi connectivity index (χ4v) is 3.09. The molecular weight excluding hydrogens is 402 g/mol. The van der Waals surface area contributed by atoms with Crippen LogP contribution in [0.4, 0.5) is 5.69 Å². The summed E-state index contributed by atoms with van der Waals surface area (Å²) in [6.45, 7) is 5.35. The van der Waals surface area contributed by atoms with Crippen LogP contribution in [-0.2, 0) is 13.2 Å². The molecule has 0 fully saturated rings. The quantitative estimate of drug-likeness (QED) is 0.444. The number of nitrogens with one attached hydrogen (secondary N) is 1. The first-order valence-electron chi connectivity index (χ1n) is 9.67. The van der Waals surface area contributed by atoms with E-state index in [9.17, 15) is 4.79 Å². The van der Waals surface area contributed by atoms with Gasteiger partial charge >= 0.3 is 5.97 Å². The molecule has 0 radical (unpaired) electrons. The fourth-order valence-electron chi connectivity index (χ4n) is 2.87. The minimum absolute atomic E-state index is 0.243. The molecule has 30 heavy (non-hydrogen) atoms. The molecule has 0 aliphatic rings. The number of carboxylic acid groups (broad SMARTS) is 1. The number of hydrogen-bond donors (Lipinski definition) is 2. The molecule has 0 amide bonds. The molecule has 3 aromatic carbocycles. The van der Waals surface area contributed by atoms with Crippen molar-refractivity contribution in [2.75, 3.05) is 11.9 Å². The van der Waals surface area contributed by atoms with E-state index in [2.05, 4.69) is 5.32 Å². The molecule has 0 spiro atoms. The van der Waals surface area contributed by atoms with Crippen molar-refractivity contribution in [2.24, 2.45) is 0 Å². The number of anilines is 1. The number of aryl methyl sites for hydroxylation is 1. The smallest absolute Gasteiger partial charge is 0.335 e. The highest BCUT2D eigenvalue weighted by Crippen LogP contribution is 2.34. The van der Waals surface area contributed by atoms with Crippen molar-refractivity contribution in [1.29, 1.82) is 0 Å². The number of halogens is 1. The monoisotopic (exact) mass is 425 g/mol. The van der Waals surface area contributed by atoms with Gasteiger partial charge in [0.2, 0.25) is 0 Å². The van der Waals surface area contributed by atoms with Crippen LogP contribution in [-0.4, -0.2) is 17.7 Å². The Morgan fingerprint density at radius 2 is 1.67 bits per heavy atom. The first kappa shape index (κ1) is 21.5. The summed E-state index contributed by atoms with van der Waals surface area (Å²) in [7, 11) is 0. The molecule has 0 bridgehead atoms. The molecule has 3 rings (SSSR count). The maximum absolute atomic E-state index is 11.0. The number of hydrogen-bond acceptors (Lipinski definition) is 4. The summed E-state index contributed by atoms with van der Waals surface area (Å²) < 4.78 is 11.7. The minimum Gasteiger partial charge on any atom is -0.490 e. The van der Waals surface area contributed by atoms with Crippen LogP contribution >= 0.6 is 11.6 Å². The van der Waals surface area contributed by atoms with Crippen molar-refractivity contribution in [3.8, 4) is 11.5 Å². The molecule has 0 aliphatic carbocycles. The molecule has 156 valence electrons. The Balaban J connectivity index is 1.71. The topological polar surface area (TPSA) is 67.8 Å². The van der Waals surface area contributed by atoms with Crippen molar-refractivity contribution >= 4 is 23.3 Å². The second-order valence-electron chi connectivity index (χ2n) is 6.83. The van der Waals surface area contributed by atoms with E-state index in [0.29, 0.717) is 36.3 Å². The van der Waals surface area contributed by atoms with E-state index in [0.717, 1.165) is 16.8 Å². The summed E-state index contributed by atoms with van der Waals surface area (Å²) in [4.78, 5) is 11.0. The highest BCUT2D eigenvalue weighted by Gasteiger charge is 2.12. The SMILES string of the molecule is CCOc1cc(CNc2ccc(C(=O)O)cc2)c(Cl)cc1OCc1ccc(C)cc1. The maximum atomic E-state index is 11.0. The number of aromatic carboxylic acids is 1. The minimum atomic E-state index is -0.952. The lowest BCUT2D eigenvalue weighted by atomic mass is 10.1. The van der Waals surface area contributed by atoms with Crippen LogP contribution in [0.2, 0.25) is 5.02 Å². The molecule has 0 heterocycles. The number of carbonyl (C=O) groups is 1. The van der Waals surface area contributed by atoms with E-state index in [1.54, 1.807) is 30.3 Å². The van der Waals surface area contributed by atoms with Gasteiger partial charge in [0.05, 0.1) is 12.2 Å². The number of ether oxygens (including phenoxy) is 2. The van der Waals surface area contributed by atoms with Crippen LogP contribution in [0.15, 0.2) is 60.7 Å². The highest BCUT2D eigenvalue weighted by molar-refractivity contribution is 6.31. The lowest BCUT2D eigenvalue weighted by Gasteiger charge is -2.16. The van der Waals surface area contributed by atoms with Crippen molar-refractivity contribution < 1.29 is 19.4 Å². The maximum Gasteiger partial charge on any atom is 0.335 e. The van der Waals surface area contributed by atoms with Gasteiger partial charge in [-0.2, -0.15) is 0 Å². The molecule has 0 aromatic heterocycles. The number of benzene rings is 3. The summed E-state index contributed by atoms with van der Waals surface area (Å²) in [6.07, 6.45) is 0. The van der Waals surface area contributed by atoms with Crippen LogP contribution in [0.3, 0.4) is 0 Å². The van der Waals surface area contributed by atoms with Gasteiger partial charge in [-0.25, -0.2) is 4.79 Å². The van der Waals surface area contributed by atoms with Gasteiger partial charge in [-0.05, 0) is 55.3 Å². The third-order valence-electron chi connectivity index (χ3n) is 4.54. The van der Waals surface area contributed by atoms with E-state index < -0.39 is 5.97 Å². The Morgan fingerprint density at radius 1 is 1.00 bits per heavy atom. The van der Waals surface area contributed by atoms with Crippen molar-refractivity contribution in [1.82, 2.24) is 0 Å². The predicted molar refractivity (Wildman–Crippen MR) is 119 cm³/mol. The summed E-state index contributed by atoms with van der Waals surface area (Å²) in [5.74, 6) is 0.274. The lowest BCUT2D eigenvalue weighted by molar-refractivity contribution is 0.0697. The number of rotatable bonds is 9. The van der Waals surface area contributed by atoms with Gasteiger partial charge in [0.1, 0.15) is 6.61 Å². The normalized spacial score (nSPS) is 10.5. The predicted octanol–water partition coefficient (Wildman–Crippen LogP) is 5.94. The fraction of sp³-hybridized carbons (Fsp3) is 0.208. The van der Waals surface area contributed by atoms with Gasteiger partial charge < -0.3 is 19.9 Å². The highest BCUT2D eigenvalue weighted by atomic mass is 35.5. The first-order chi connectivity index (χ1) is 14.5. The van der Waals surface area contributed by atoms with Gasteiger partial charge in [0.25, 0.3) is 0 Å². The largest absolute Gasteiger partial charge is 0.490 e. The van der Waals surface area contributed by atoms with Crippen LogP contribution < -0.4 is 14.8 Å². The molecule has 0 saturated carbocycles. The van der Waals surface area contributed by atoms with Gasteiger partial charge in [-0.15, -0.1) is 0 Å². The van der Waals surface area contributed by atoms with E-state index in [1.165, 1.54) is 5.56 Å². The van der Waals surface area contributed by atoms with Crippen LogP contribution in [0.5, 0.6) is 11.5 Å². The molecule has 6 heteroatoms. The van der Waals surface area contributed by atoms with Crippen molar-refractivity contribution in [2.45, 2.75) is 27.0 Å². The third kappa shape index (κ3) is 5.67. The summed E-state index contributed by atoms with van der Waals surface area (Å²) >= 11 is 6.48. The van der Waals surface area contributed by atoms with Crippen molar-refractivity contribution in [3.63, 3.8) is 0 Å². The van der Waals surface area contributed by atoms with Crippen molar-refractivity contribution in [3.05, 3.63) is 87.9 Å². The first-order valence-corrected chi connectivity index (χ1v) is 10.0. The Labute approximate surface area is 181 Å². The summed E-state index contributed by atoms with van der Waals surface area (Å²) in [5, 5.41) is 12.8. The molecule has 2 N–H and O–H groups in total. The summed E-state index contributed by atoms with van der Waals surface area (Å²) in [5.41, 5.74) is 4.16. The van der Waals surface area contributed by atoms with Crippen LogP contribution in [0, 0.1) is 6.92 Å². The molecule has 3 aromatic rings. The third-order valence-corrected chi connectivity index (χ3v) is 4.89. The van der Waals surface area contributed by atoms with Gasteiger partial charge in [-0.3, -0.25) is 0 Å². The standard InChI is InChI=1S/C24H24ClNO4/c1-3-29-22-12-19(14-26-20-10-8-18(9-11-20)24(27)28)21(25)13-23(22)30-15-17-6-4-16(2)5-7-17/h4-13,26H,3,14-15H2,1-2H3,(H,27,28). The Bertz CT molecular complexity index is 1000. The average molecular weight is 426 g/mol. The average Bonchev–Trinajstić information content (AvgIpc) is 2.74. The Kier molecular flexibility index (Phi) is 7.20. The van der Waals surface area contributed by atoms with Gasteiger partial charge in [0.15, 0.2) is 11.5 Å². The molecule has 0 aliphatic heterocycles. The van der Waals surface area contributed by atoms with Crippen LogP contribution in [0.25, 0.3) is 0 Å². The number of carboxylic acids is 1. The molecule has 0 unspecified atom stereocenters. The van der Waals surface area contributed by atoms with Gasteiger partial charge in [0, 0.05) is 23.3 Å². The Hall–Kier alpha value is -3.18.